The summed E-state index contributed by atoms with van der Waals surface area (Å²) in [7, 11) is 0. The van der Waals surface area contributed by atoms with Crippen molar-refractivity contribution in [1.29, 1.82) is 0 Å². The van der Waals surface area contributed by atoms with E-state index < -0.39 is 5.97 Å². The zero-order valence-corrected chi connectivity index (χ0v) is 7.79. The van der Waals surface area contributed by atoms with Gasteiger partial charge in [-0.2, -0.15) is 0 Å². The molecule has 3 nitrogen and oxygen atoms in total. The number of carbonyl (C=O) groups excluding carboxylic acids is 1. The van der Waals surface area contributed by atoms with Crippen molar-refractivity contribution in [2.45, 2.75) is 44.9 Å². The summed E-state index contributed by atoms with van der Waals surface area (Å²) < 4.78 is 0. The van der Waals surface area contributed by atoms with Crippen LogP contribution in [0.15, 0.2) is 0 Å². The van der Waals surface area contributed by atoms with Gasteiger partial charge in [0.15, 0.2) is 0 Å². The third kappa shape index (κ3) is 3.57. The zero-order chi connectivity index (χ0) is 9.68. The number of carbonyl (C=O) groups is 2. The Hall–Kier alpha value is -0.860. The number of Topliss-reactive ketones (excluding diaryl/α,β-unsaturated/α-hetero) is 1. The van der Waals surface area contributed by atoms with Crippen LogP contribution in [0.3, 0.4) is 0 Å². The highest BCUT2D eigenvalue weighted by Gasteiger charge is 2.24. The van der Waals surface area contributed by atoms with Crippen LogP contribution in [0.1, 0.15) is 44.9 Å². The standard InChI is InChI=1S/C10H16O3/c11-9(8-4-3-5-8)6-1-2-7-10(12)13/h8H,1-7H2,(H,12,13). The first kappa shape index (κ1) is 10.2. The first-order chi connectivity index (χ1) is 6.20. The topological polar surface area (TPSA) is 54.4 Å². The van der Waals surface area contributed by atoms with Gasteiger partial charge in [0.05, 0.1) is 0 Å². The van der Waals surface area contributed by atoms with E-state index in [-0.39, 0.29) is 6.42 Å². The van der Waals surface area contributed by atoms with Gasteiger partial charge in [0.2, 0.25) is 0 Å². The molecule has 0 amide bonds. The molecule has 3 heteroatoms. The molecule has 0 aromatic rings. The van der Waals surface area contributed by atoms with Gasteiger partial charge in [0.25, 0.3) is 0 Å². The minimum Gasteiger partial charge on any atom is -0.481 e. The molecule has 1 aliphatic carbocycles. The maximum absolute atomic E-state index is 11.3. The molecule has 1 fully saturated rings. The van der Waals surface area contributed by atoms with Crippen LogP contribution in [0, 0.1) is 5.92 Å². The highest BCUT2D eigenvalue weighted by atomic mass is 16.4. The minimum absolute atomic E-state index is 0.192. The molecule has 0 heterocycles. The lowest BCUT2D eigenvalue weighted by atomic mass is 9.81. The lowest BCUT2D eigenvalue weighted by Crippen LogP contribution is -2.21. The van der Waals surface area contributed by atoms with Gasteiger partial charge in [0.1, 0.15) is 5.78 Å². The van der Waals surface area contributed by atoms with Gasteiger partial charge in [-0.15, -0.1) is 0 Å². The van der Waals surface area contributed by atoms with E-state index >= 15 is 0 Å². The molecule has 0 aromatic heterocycles. The van der Waals surface area contributed by atoms with E-state index in [0.717, 1.165) is 19.3 Å². The first-order valence-corrected chi connectivity index (χ1v) is 4.94. The molecule has 0 bridgehead atoms. The molecule has 13 heavy (non-hydrogen) atoms. The third-order valence-corrected chi connectivity index (χ3v) is 2.62. The average molecular weight is 184 g/mol. The number of ketones is 1. The van der Waals surface area contributed by atoms with Gasteiger partial charge in [-0.05, 0) is 25.7 Å². The van der Waals surface area contributed by atoms with Crippen LogP contribution in [0.25, 0.3) is 0 Å². The van der Waals surface area contributed by atoms with Gasteiger partial charge in [0, 0.05) is 18.8 Å². The maximum atomic E-state index is 11.3. The summed E-state index contributed by atoms with van der Waals surface area (Å²) >= 11 is 0. The molecule has 1 aliphatic rings. The molecule has 0 aliphatic heterocycles. The Morgan fingerprint density at radius 2 is 1.77 bits per heavy atom. The first-order valence-electron chi connectivity index (χ1n) is 4.94. The van der Waals surface area contributed by atoms with Gasteiger partial charge in [-0.1, -0.05) is 6.42 Å². The Balaban J connectivity index is 1.98. The Bertz CT molecular complexity index is 194. The molecule has 0 saturated heterocycles. The molecular weight excluding hydrogens is 168 g/mol. The van der Waals surface area contributed by atoms with Crippen molar-refractivity contribution in [3.8, 4) is 0 Å². The number of unbranched alkanes of at least 4 members (excludes halogenated alkanes) is 1. The molecule has 0 atom stereocenters. The van der Waals surface area contributed by atoms with Crippen molar-refractivity contribution in [3.05, 3.63) is 0 Å². The van der Waals surface area contributed by atoms with Crippen molar-refractivity contribution in [2.24, 2.45) is 5.92 Å². The summed E-state index contributed by atoms with van der Waals surface area (Å²) in [5, 5.41) is 8.36. The smallest absolute Gasteiger partial charge is 0.303 e. The second-order valence-corrected chi connectivity index (χ2v) is 3.69. The van der Waals surface area contributed by atoms with E-state index in [0.29, 0.717) is 24.5 Å². The number of hydrogen-bond acceptors (Lipinski definition) is 2. The zero-order valence-electron chi connectivity index (χ0n) is 7.79. The summed E-state index contributed by atoms with van der Waals surface area (Å²) in [5.74, 6) is -0.113. The van der Waals surface area contributed by atoms with E-state index in [1.165, 1.54) is 6.42 Å². The number of rotatable bonds is 6. The summed E-state index contributed by atoms with van der Waals surface area (Å²) in [6, 6.07) is 0. The van der Waals surface area contributed by atoms with Crippen molar-refractivity contribution < 1.29 is 14.7 Å². The largest absolute Gasteiger partial charge is 0.481 e. The number of carboxylic acid groups (broad SMARTS) is 1. The van der Waals surface area contributed by atoms with Crippen molar-refractivity contribution in [3.63, 3.8) is 0 Å². The molecule has 0 radical (unpaired) electrons. The fourth-order valence-electron chi connectivity index (χ4n) is 1.51. The van der Waals surface area contributed by atoms with Gasteiger partial charge in [-0.3, -0.25) is 9.59 Å². The fraction of sp³-hybridized carbons (Fsp3) is 0.800. The van der Waals surface area contributed by atoms with Crippen LogP contribution < -0.4 is 0 Å². The predicted molar refractivity (Wildman–Crippen MR) is 48.5 cm³/mol. The van der Waals surface area contributed by atoms with E-state index in [1.807, 2.05) is 0 Å². The fourth-order valence-corrected chi connectivity index (χ4v) is 1.51. The second-order valence-electron chi connectivity index (χ2n) is 3.69. The van der Waals surface area contributed by atoms with Gasteiger partial charge in [-0.25, -0.2) is 0 Å². The average Bonchev–Trinajstić information content (AvgIpc) is 1.94. The van der Waals surface area contributed by atoms with Crippen LogP contribution in [0.4, 0.5) is 0 Å². The quantitative estimate of drug-likeness (QED) is 0.642. The highest BCUT2D eigenvalue weighted by Crippen LogP contribution is 2.28. The van der Waals surface area contributed by atoms with E-state index in [4.69, 9.17) is 5.11 Å². The summed E-state index contributed by atoms with van der Waals surface area (Å²) in [6.07, 6.45) is 5.44. The van der Waals surface area contributed by atoms with Crippen LogP contribution >= 0.6 is 0 Å². The molecule has 1 saturated carbocycles. The Morgan fingerprint density at radius 3 is 2.23 bits per heavy atom. The van der Waals surface area contributed by atoms with Crippen molar-refractivity contribution in [1.82, 2.24) is 0 Å². The highest BCUT2D eigenvalue weighted by molar-refractivity contribution is 5.81. The Labute approximate surface area is 78.1 Å². The lowest BCUT2D eigenvalue weighted by Gasteiger charge is -2.23. The Morgan fingerprint density at radius 1 is 1.15 bits per heavy atom. The van der Waals surface area contributed by atoms with Crippen LogP contribution in [-0.4, -0.2) is 16.9 Å². The molecule has 1 rings (SSSR count). The van der Waals surface area contributed by atoms with Gasteiger partial charge >= 0.3 is 5.97 Å². The van der Waals surface area contributed by atoms with E-state index in [9.17, 15) is 9.59 Å². The number of hydrogen-bond donors (Lipinski definition) is 1. The maximum Gasteiger partial charge on any atom is 0.303 e. The molecular formula is C10H16O3. The van der Waals surface area contributed by atoms with E-state index in [1.54, 1.807) is 0 Å². The third-order valence-electron chi connectivity index (χ3n) is 2.62. The number of aliphatic carboxylic acids is 1. The Kier molecular flexibility index (Phi) is 3.93. The molecule has 1 N–H and O–H groups in total. The van der Waals surface area contributed by atoms with Crippen LogP contribution in [0.5, 0.6) is 0 Å². The minimum atomic E-state index is -0.768. The summed E-state index contributed by atoms with van der Waals surface area (Å²) in [4.78, 5) is 21.5. The lowest BCUT2D eigenvalue weighted by molar-refractivity contribution is -0.137. The van der Waals surface area contributed by atoms with E-state index in [2.05, 4.69) is 0 Å². The normalized spacial score (nSPS) is 16.6. The predicted octanol–water partition coefficient (Wildman–Crippen LogP) is 2.00. The SMILES string of the molecule is O=C(O)CCCCC(=O)C1CCC1. The molecule has 0 spiro atoms. The van der Waals surface area contributed by atoms with Crippen LogP contribution in [-0.2, 0) is 9.59 Å². The monoisotopic (exact) mass is 184 g/mol. The summed E-state index contributed by atoms with van der Waals surface area (Å²) in [6.45, 7) is 0. The van der Waals surface area contributed by atoms with Crippen molar-refractivity contribution in [2.75, 3.05) is 0 Å². The molecule has 74 valence electrons. The second kappa shape index (κ2) is 5.00. The van der Waals surface area contributed by atoms with Crippen LogP contribution in [0.2, 0.25) is 0 Å². The van der Waals surface area contributed by atoms with Crippen molar-refractivity contribution >= 4 is 11.8 Å². The molecule has 0 unspecified atom stereocenters. The van der Waals surface area contributed by atoms with Gasteiger partial charge < -0.3 is 5.11 Å². The number of carboxylic acids is 1. The summed E-state index contributed by atoms with van der Waals surface area (Å²) in [5.41, 5.74) is 0. The molecule has 0 aromatic carbocycles.